The number of carboxylic acid groups (broad SMARTS) is 1. The van der Waals surface area contributed by atoms with Gasteiger partial charge in [0.2, 0.25) is 0 Å². The molecule has 1 heterocycles. The van der Waals surface area contributed by atoms with Gasteiger partial charge in [0.05, 0.1) is 12.0 Å². The summed E-state index contributed by atoms with van der Waals surface area (Å²) in [4.78, 5) is 11.4. The minimum Gasteiger partial charge on any atom is -0.481 e. The lowest BCUT2D eigenvalue weighted by Gasteiger charge is -2.25. The van der Waals surface area contributed by atoms with Crippen LogP contribution in [0.5, 0.6) is 0 Å². The Morgan fingerprint density at radius 1 is 1.47 bits per heavy atom. The molecule has 104 valence electrons. The van der Waals surface area contributed by atoms with Crippen molar-refractivity contribution in [3.63, 3.8) is 0 Å². The summed E-state index contributed by atoms with van der Waals surface area (Å²) >= 11 is 0. The van der Waals surface area contributed by atoms with E-state index < -0.39 is 5.97 Å². The summed E-state index contributed by atoms with van der Waals surface area (Å²) in [7, 11) is 0. The zero-order valence-electron chi connectivity index (χ0n) is 11.5. The lowest BCUT2D eigenvalue weighted by Crippen LogP contribution is -2.27. The number of carboxylic acids is 1. The van der Waals surface area contributed by atoms with Crippen molar-refractivity contribution in [3.05, 3.63) is 35.4 Å². The molecule has 0 aliphatic carbocycles. The Hall–Kier alpha value is -1.35. The Kier molecular flexibility index (Phi) is 4.97. The number of rotatable bonds is 5. The van der Waals surface area contributed by atoms with Gasteiger partial charge in [-0.05, 0) is 44.6 Å². The van der Waals surface area contributed by atoms with Crippen molar-refractivity contribution in [2.45, 2.75) is 45.1 Å². The van der Waals surface area contributed by atoms with Crippen LogP contribution in [0, 0.1) is 12.8 Å². The molecular weight excluding hydrogens is 240 g/mol. The molecule has 1 N–H and O–H groups in total. The molecule has 1 aromatic rings. The molecule has 1 fully saturated rings. The highest BCUT2D eigenvalue weighted by Crippen LogP contribution is 2.23. The van der Waals surface area contributed by atoms with Gasteiger partial charge in [0.25, 0.3) is 0 Å². The smallest absolute Gasteiger partial charge is 0.306 e. The summed E-state index contributed by atoms with van der Waals surface area (Å²) in [5, 5.41) is 9.38. The van der Waals surface area contributed by atoms with Gasteiger partial charge in [-0.2, -0.15) is 0 Å². The molecule has 0 amide bonds. The van der Waals surface area contributed by atoms with Gasteiger partial charge in [0.15, 0.2) is 0 Å². The van der Waals surface area contributed by atoms with Gasteiger partial charge < -0.3 is 9.84 Å². The Balaban J connectivity index is 1.97. The predicted octanol–water partition coefficient (Wildman–Crippen LogP) is 3.20. The van der Waals surface area contributed by atoms with Crippen molar-refractivity contribution < 1.29 is 14.6 Å². The number of aliphatic carboxylic acids is 1. The molecule has 0 radical (unpaired) electrons. The normalized spacial score (nSPS) is 21.0. The van der Waals surface area contributed by atoms with E-state index in [4.69, 9.17) is 4.74 Å². The number of aryl methyl sites for hydroxylation is 1. The molecule has 1 aliphatic rings. The first-order valence-electron chi connectivity index (χ1n) is 7.05. The van der Waals surface area contributed by atoms with E-state index in [-0.39, 0.29) is 12.0 Å². The molecule has 1 aliphatic heterocycles. The molecule has 0 spiro atoms. The predicted molar refractivity (Wildman–Crippen MR) is 74.2 cm³/mol. The topological polar surface area (TPSA) is 46.5 Å². The van der Waals surface area contributed by atoms with Crippen LogP contribution in [0.4, 0.5) is 0 Å². The molecule has 1 saturated heterocycles. The summed E-state index contributed by atoms with van der Waals surface area (Å²) < 4.78 is 5.66. The van der Waals surface area contributed by atoms with E-state index in [1.807, 2.05) is 25.1 Å². The second-order valence-electron chi connectivity index (χ2n) is 5.45. The largest absolute Gasteiger partial charge is 0.481 e. The molecule has 2 unspecified atom stereocenters. The maximum Gasteiger partial charge on any atom is 0.306 e. The van der Waals surface area contributed by atoms with Crippen LogP contribution in [-0.4, -0.2) is 23.8 Å². The van der Waals surface area contributed by atoms with Crippen LogP contribution in [-0.2, 0) is 16.0 Å². The number of hydrogen-bond acceptors (Lipinski definition) is 2. The lowest BCUT2D eigenvalue weighted by atomic mass is 9.91. The Bertz CT molecular complexity index is 422. The quantitative estimate of drug-likeness (QED) is 0.886. The highest BCUT2D eigenvalue weighted by atomic mass is 16.5. The third kappa shape index (κ3) is 4.35. The highest BCUT2D eigenvalue weighted by molar-refractivity contribution is 5.70. The van der Waals surface area contributed by atoms with Crippen LogP contribution in [0.15, 0.2) is 24.3 Å². The SMILES string of the molecule is Cc1cccc(CC(CC2CCCCO2)C(=O)O)c1. The van der Waals surface area contributed by atoms with Gasteiger partial charge in [-0.3, -0.25) is 4.79 Å². The van der Waals surface area contributed by atoms with Gasteiger partial charge in [0.1, 0.15) is 0 Å². The monoisotopic (exact) mass is 262 g/mol. The average Bonchev–Trinajstić information content (AvgIpc) is 2.39. The summed E-state index contributed by atoms with van der Waals surface area (Å²) in [5.74, 6) is -1.06. The zero-order valence-corrected chi connectivity index (χ0v) is 11.5. The van der Waals surface area contributed by atoms with Crippen LogP contribution < -0.4 is 0 Å². The van der Waals surface area contributed by atoms with Gasteiger partial charge in [-0.25, -0.2) is 0 Å². The van der Waals surface area contributed by atoms with Gasteiger partial charge in [0, 0.05) is 6.61 Å². The molecule has 3 heteroatoms. The van der Waals surface area contributed by atoms with Crippen molar-refractivity contribution in [3.8, 4) is 0 Å². The van der Waals surface area contributed by atoms with Gasteiger partial charge in [-0.15, -0.1) is 0 Å². The standard InChI is InChI=1S/C16H22O3/c1-12-5-4-6-13(9-12)10-14(16(17)18)11-15-7-2-3-8-19-15/h4-6,9,14-15H,2-3,7-8,10-11H2,1H3,(H,17,18). The first-order valence-corrected chi connectivity index (χ1v) is 7.05. The van der Waals surface area contributed by atoms with E-state index in [9.17, 15) is 9.90 Å². The molecule has 0 saturated carbocycles. The molecule has 3 nitrogen and oxygen atoms in total. The number of benzene rings is 1. The summed E-state index contributed by atoms with van der Waals surface area (Å²) in [6.07, 6.45) is 4.60. The number of carbonyl (C=O) groups is 1. The molecular formula is C16H22O3. The van der Waals surface area contributed by atoms with Crippen molar-refractivity contribution in [1.29, 1.82) is 0 Å². The summed E-state index contributed by atoms with van der Waals surface area (Å²) in [6, 6.07) is 8.09. The minimum atomic E-state index is -0.712. The van der Waals surface area contributed by atoms with Crippen LogP contribution in [0.25, 0.3) is 0 Å². The lowest BCUT2D eigenvalue weighted by molar-refractivity contribution is -0.143. The highest BCUT2D eigenvalue weighted by Gasteiger charge is 2.24. The summed E-state index contributed by atoms with van der Waals surface area (Å²) in [5.41, 5.74) is 2.28. The van der Waals surface area contributed by atoms with Gasteiger partial charge >= 0.3 is 5.97 Å². The maximum absolute atomic E-state index is 11.4. The summed E-state index contributed by atoms with van der Waals surface area (Å²) in [6.45, 7) is 2.81. The Morgan fingerprint density at radius 2 is 2.32 bits per heavy atom. The van der Waals surface area contributed by atoms with E-state index >= 15 is 0 Å². The van der Waals surface area contributed by atoms with Crippen molar-refractivity contribution >= 4 is 5.97 Å². The third-order valence-electron chi connectivity index (χ3n) is 3.74. The van der Waals surface area contributed by atoms with E-state index in [0.29, 0.717) is 12.8 Å². The van der Waals surface area contributed by atoms with E-state index in [1.165, 1.54) is 5.56 Å². The fourth-order valence-electron chi connectivity index (χ4n) is 2.71. The minimum absolute atomic E-state index is 0.125. The van der Waals surface area contributed by atoms with Gasteiger partial charge in [-0.1, -0.05) is 29.8 Å². The molecule has 2 atom stereocenters. The van der Waals surface area contributed by atoms with E-state index in [0.717, 1.165) is 31.4 Å². The second kappa shape index (κ2) is 6.71. The molecule has 1 aromatic carbocycles. The van der Waals surface area contributed by atoms with Crippen LogP contribution in [0.3, 0.4) is 0 Å². The average molecular weight is 262 g/mol. The molecule has 19 heavy (non-hydrogen) atoms. The first-order chi connectivity index (χ1) is 9.15. The molecule has 2 rings (SSSR count). The second-order valence-corrected chi connectivity index (χ2v) is 5.45. The third-order valence-corrected chi connectivity index (χ3v) is 3.74. The van der Waals surface area contributed by atoms with E-state index in [2.05, 4.69) is 6.07 Å². The maximum atomic E-state index is 11.4. The van der Waals surface area contributed by atoms with Crippen molar-refractivity contribution in [2.24, 2.45) is 5.92 Å². The first kappa shape index (κ1) is 14.1. The van der Waals surface area contributed by atoms with Crippen LogP contribution >= 0.6 is 0 Å². The van der Waals surface area contributed by atoms with Crippen LogP contribution in [0.1, 0.15) is 36.8 Å². The Morgan fingerprint density at radius 3 is 2.95 bits per heavy atom. The van der Waals surface area contributed by atoms with Crippen molar-refractivity contribution in [2.75, 3.05) is 6.61 Å². The zero-order chi connectivity index (χ0) is 13.7. The number of hydrogen-bond donors (Lipinski definition) is 1. The van der Waals surface area contributed by atoms with E-state index in [1.54, 1.807) is 0 Å². The Labute approximate surface area is 114 Å². The molecule has 0 aromatic heterocycles. The van der Waals surface area contributed by atoms with Crippen LogP contribution in [0.2, 0.25) is 0 Å². The van der Waals surface area contributed by atoms with Crippen molar-refractivity contribution in [1.82, 2.24) is 0 Å². The molecule has 0 bridgehead atoms. The fourth-order valence-corrected chi connectivity index (χ4v) is 2.71. The number of ether oxygens (including phenoxy) is 1. The fraction of sp³-hybridized carbons (Fsp3) is 0.562.